The maximum atomic E-state index is 12.5. The molecule has 30 heavy (non-hydrogen) atoms. The number of aromatic nitrogens is 2. The highest BCUT2D eigenvalue weighted by Crippen LogP contribution is 2.24. The number of nitrogens with zero attached hydrogens (tertiary/aromatic N) is 4. The minimum absolute atomic E-state index is 0.313. The Morgan fingerprint density at radius 2 is 1.67 bits per heavy atom. The standard InChI is InChI=1S/C22H21Cl2N5O/c1-28-10-12-29(13-11-28)21-9-8-20(26-27-21)15-2-5-17(6-3-15)25-22(30)18-14-16(23)4-7-19(18)24/h2-9,14H,10-13H2,1H3,(H,25,30). The minimum Gasteiger partial charge on any atom is -0.353 e. The van der Waals surface area contributed by atoms with Crippen LogP contribution in [0.2, 0.25) is 10.0 Å². The van der Waals surface area contributed by atoms with Gasteiger partial charge in [0.25, 0.3) is 5.91 Å². The molecular formula is C22H21Cl2N5O. The molecule has 1 amide bonds. The third-order valence-electron chi connectivity index (χ3n) is 5.09. The van der Waals surface area contributed by atoms with Gasteiger partial charge in [-0.05, 0) is 49.5 Å². The molecule has 1 aliphatic heterocycles. The first-order valence-corrected chi connectivity index (χ1v) is 10.4. The van der Waals surface area contributed by atoms with E-state index in [1.807, 2.05) is 36.4 Å². The van der Waals surface area contributed by atoms with Gasteiger partial charge < -0.3 is 15.1 Å². The average molecular weight is 442 g/mol. The molecule has 154 valence electrons. The van der Waals surface area contributed by atoms with E-state index in [4.69, 9.17) is 23.2 Å². The molecule has 0 atom stereocenters. The number of carbonyl (C=O) groups excluding carboxylic acids is 1. The number of carbonyl (C=O) groups is 1. The number of benzene rings is 2. The van der Waals surface area contributed by atoms with E-state index in [1.165, 1.54) is 0 Å². The van der Waals surface area contributed by atoms with Crippen LogP contribution in [-0.2, 0) is 0 Å². The second-order valence-electron chi connectivity index (χ2n) is 7.22. The van der Waals surface area contributed by atoms with Crippen LogP contribution in [0, 0.1) is 0 Å². The average Bonchev–Trinajstić information content (AvgIpc) is 2.76. The molecule has 1 fully saturated rings. The van der Waals surface area contributed by atoms with Gasteiger partial charge in [0.2, 0.25) is 0 Å². The van der Waals surface area contributed by atoms with Crippen LogP contribution in [0.25, 0.3) is 11.3 Å². The highest BCUT2D eigenvalue weighted by molar-refractivity contribution is 6.36. The lowest BCUT2D eigenvalue weighted by atomic mass is 10.1. The van der Waals surface area contributed by atoms with E-state index < -0.39 is 0 Å². The quantitative estimate of drug-likeness (QED) is 0.647. The number of rotatable bonds is 4. The summed E-state index contributed by atoms with van der Waals surface area (Å²) in [6, 6.07) is 16.2. The minimum atomic E-state index is -0.313. The predicted octanol–water partition coefficient (Wildman–Crippen LogP) is 4.45. The van der Waals surface area contributed by atoms with Crippen LogP contribution in [0.15, 0.2) is 54.6 Å². The van der Waals surface area contributed by atoms with E-state index >= 15 is 0 Å². The van der Waals surface area contributed by atoms with Crippen molar-refractivity contribution in [2.45, 2.75) is 0 Å². The molecule has 1 aromatic heterocycles. The predicted molar refractivity (Wildman–Crippen MR) is 122 cm³/mol. The van der Waals surface area contributed by atoms with Crippen molar-refractivity contribution in [3.63, 3.8) is 0 Å². The Bertz CT molecular complexity index is 1030. The summed E-state index contributed by atoms with van der Waals surface area (Å²) in [5.74, 6) is 0.584. The van der Waals surface area contributed by atoms with Crippen LogP contribution in [0.4, 0.5) is 11.5 Å². The number of anilines is 2. The van der Waals surface area contributed by atoms with Crippen molar-refractivity contribution in [2.75, 3.05) is 43.4 Å². The van der Waals surface area contributed by atoms with Crippen LogP contribution in [-0.4, -0.2) is 54.2 Å². The Hall–Kier alpha value is -2.67. The van der Waals surface area contributed by atoms with E-state index in [0.717, 1.165) is 43.3 Å². The summed E-state index contributed by atoms with van der Waals surface area (Å²) in [5, 5.41) is 12.4. The Morgan fingerprint density at radius 3 is 2.33 bits per heavy atom. The summed E-state index contributed by atoms with van der Waals surface area (Å²) in [5.41, 5.74) is 2.69. The number of nitrogens with one attached hydrogen (secondary N) is 1. The number of hydrogen-bond donors (Lipinski definition) is 1. The number of piperazine rings is 1. The molecule has 2 aromatic carbocycles. The number of halogens is 2. The van der Waals surface area contributed by atoms with Crippen molar-refractivity contribution >= 4 is 40.6 Å². The van der Waals surface area contributed by atoms with Gasteiger partial charge >= 0.3 is 0 Å². The van der Waals surface area contributed by atoms with Gasteiger partial charge in [-0.2, -0.15) is 0 Å². The van der Waals surface area contributed by atoms with Gasteiger partial charge in [-0.15, -0.1) is 10.2 Å². The van der Waals surface area contributed by atoms with E-state index in [9.17, 15) is 4.79 Å². The smallest absolute Gasteiger partial charge is 0.257 e. The molecule has 8 heteroatoms. The summed E-state index contributed by atoms with van der Waals surface area (Å²) >= 11 is 12.1. The Labute approximate surface area is 185 Å². The van der Waals surface area contributed by atoms with Crippen LogP contribution in [0.1, 0.15) is 10.4 Å². The second-order valence-corrected chi connectivity index (χ2v) is 8.07. The lowest BCUT2D eigenvalue weighted by molar-refractivity contribution is 0.102. The second kappa shape index (κ2) is 9.00. The van der Waals surface area contributed by atoms with Crippen molar-refractivity contribution < 1.29 is 4.79 Å². The molecule has 0 saturated carbocycles. The van der Waals surface area contributed by atoms with Crippen LogP contribution < -0.4 is 10.2 Å². The van der Waals surface area contributed by atoms with Gasteiger partial charge in [-0.1, -0.05) is 35.3 Å². The monoisotopic (exact) mass is 441 g/mol. The fourth-order valence-corrected chi connectivity index (χ4v) is 3.65. The molecule has 3 aromatic rings. The fourth-order valence-electron chi connectivity index (χ4n) is 3.28. The summed E-state index contributed by atoms with van der Waals surface area (Å²) in [6.07, 6.45) is 0. The lowest BCUT2D eigenvalue weighted by Gasteiger charge is -2.32. The Balaban J connectivity index is 1.43. The molecule has 0 radical (unpaired) electrons. The van der Waals surface area contributed by atoms with E-state index in [2.05, 4.69) is 32.4 Å². The normalized spacial score (nSPS) is 14.6. The molecule has 0 unspecified atom stereocenters. The van der Waals surface area contributed by atoms with E-state index in [0.29, 0.717) is 21.3 Å². The molecule has 0 bridgehead atoms. The molecular weight excluding hydrogens is 421 g/mol. The topological polar surface area (TPSA) is 61.4 Å². The third-order valence-corrected chi connectivity index (χ3v) is 5.65. The third kappa shape index (κ3) is 4.73. The summed E-state index contributed by atoms with van der Waals surface area (Å²) in [4.78, 5) is 17.0. The SMILES string of the molecule is CN1CCN(c2ccc(-c3ccc(NC(=O)c4cc(Cl)ccc4Cl)cc3)nn2)CC1. The molecule has 2 heterocycles. The van der Waals surface area contributed by atoms with Crippen molar-refractivity contribution in [3.8, 4) is 11.3 Å². The molecule has 0 aliphatic carbocycles. The first-order chi connectivity index (χ1) is 14.5. The number of hydrogen-bond acceptors (Lipinski definition) is 5. The van der Waals surface area contributed by atoms with Gasteiger partial charge in [0.15, 0.2) is 5.82 Å². The zero-order chi connectivity index (χ0) is 21.1. The lowest BCUT2D eigenvalue weighted by Crippen LogP contribution is -2.44. The van der Waals surface area contributed by atoms with Crippen molar-refractivity contribution in [1.29, 1.82) is 0 Å². The zero-order valence-electron chi connectivity index (χ0n) is 16.5. The molecule has 1 N–H and O–H groups in total. The van der Waals surface area contributed by atoms with Gasteiger partial charge in [-0.25, -0.2) is 0 Å². The van der Waals surface area contributed by atoms with Crippen LogP contribution in [0.5, 0.6) is 0 Å². The maximum Gasteiger partial charge on any atom is 0.257 e. The van der Waals surface area contributed by atoms with Gasteiger partial charge in [0.1, 0.15) is 0 Å². The highest BCUT2D eigenvalue weighted by Gasteiger charge is 2.16. The molecule has 4 rings (SSSR count). The largest absolute Gasteiger partial charge is 0.353 e. The fraction of sp³-hybridized carbons (Fsp3) is 0.227. The first-order valence-electron chi connectivity index (χ1n) is 9.64. The van der Waals surface area contributed by atoms with Gasteiger partial charge in [0.05, 0.1) is 16.3 Å². The van der Waals surface area contributed by atoms with Crippen LogP contribution >= 0.6 is 23.2 Å². The molecule has 6 nitrogen and oxygen atoms in total. The molecule has 1 aliphatic rings. The zero-order valence-corrected chi connectivity index (χ0v) is 18.0. The van der Waals surface area contributed by atoms with Gasteiger partial charge in [0, 0.05) is 42.5 Å². The first kappa shape index (κ1) is 20.6. The van der Waals surface area contributed by atoms with Gasteiger partial charge in [-0.3, -0.25) is 4.79 Å². The number of amides is 1. The molecule has 0 spiro atoms. The van der Waals surface area contributed by atoms with E-state index in [-0.39, 0.29) is 5.91 Å². The summed E-state index contributed by atoms with van der Waals surface area (Å²) in [7, 11) is 2.13. The van der Waals surface area contributed by atoms with Crippen molar-refractivity contribution in [1.82, 2.24) is 15.1 Å². The van der Waals surface area contributed by atoms with Crippen LogP contribution in [0.3, 0.4) is 0 Å². The van der Waals surface area contributed by atoms with Crippen molar-refractivity contribution in [2.24, 2.45) is 0 Å². The Morgan fingerprint density at radius 1 is 0.933 bits per heavy atom. The van der Waals surface area contributed by atoms with E-state index in [1.54, 1.807) is 18.2 Å². The number of likely N-dealkylation sites (N-methyl/N-ethyl adjacent to an activating group) is 1. The highest BCUT2D eigenvalue weighted by atomic mass is 35.5. The summed E-state index contributed by atoms with van der Waals surface area (Å²) in [6.45, 7) is 3.96. The van der Waals surface area contributed by atoms with Crippen molar-refractivity contribution in [3.05, 3.63) is 70.2 Å². The molecule has 1 saturated heterocycles. The summed E-state index contributed by atoms with van der Waals surface area (Å²) < 4.78 is 0. The Kier molecular flexibility index (Phi) is 6.18. The maximum absolute atomic E-state index is 12.5.